The van der Waals surface area contributed by atoms with Crippen LogP contribution in [-0.4, -0.2) is 27.2 Å². The standard InChI is InChI=1S/C10H16BrN5O/c1-10(2)5(3-6(10)17)15-8-7(11)9(16-12)14-4-13-8/h4-6,17H,3,12H2,1-2H3,(H2,13,14,15,16). The molecule has 1 heterocycles. The second-order valence-electron chi connectivity index (χ2n) is 4.80. The number of aromatic nitrogens is 2. The van der Waals surface area contributed by atoms with Gasteiger partial charge in [0.1, 0.15) is 16.6 Å². The van der Waals surface area contributed by atoms with Gasteiger partial charge in [0, 0.05) is 11.5 Å². The van der Waals surface area contributed by atoms with Gasteiger partial charge in [-0.05, 0) is 22.4 Å². The number of nitrogens with one attached hydrogen (secondary N) is 2. The molecule has 6 nitrogen and oxygen atoms in total. The number of aliphatic hydroxyl groups excluding tert-OH is 1. The Balaban J connectivity index is 2.15. The Labute approximate surface area is 108 Å². The van der Waals surface area contributed by atoms with Gasteiger partial charge in [0.25, 0.3) is 0 Å². The van der Waals surface area contributed by atoms with Gasteiger partial charge in [-0.1, -0.05) is 13.8 Å². The van der Waals surface area contributed by atoms with Gasteiger partial charge in [-0.3, -0.25) is 0 Å². The molecule has 0 amide bonds. The summed E-state index contributed by atoms with van der Waals surface area (Å²) < 4.78 is 0.694. The van der Waals surface area contributed by atoms with Gasteiger partial charge in [0.15, 0.2) is 5.82 Å². The second kappa shape index (κ2) is 4.40. The molecule has 1 saturated carbocycles. The molecule has 1 fully saturated rings. The van der Waals surface area contributed by atoms with E-state index in [1.165, 1.54) is 6.33 Å². The van der Waals surface area contributed by atoms with E-state index in [9.17, 15) is 5.11 Å². The van der Waals surface area contributed by atoms with E-state index in [2.05, 4.69) is 36.6 Å². The number of nitrogens with two attached hydrogens (primary N) is 1. The third-order valence-electron chi connectivity index (χ3n) is 3.45. The zero-order chi connectivity index (χ0) is 12.6. The molecule has 94 valence electrons. The normalized spacial score (nSPS) is 26.2. The van der Waals surface area contributed by atoms with Crippen LogP contribution in [0.4, 0.5) is 11.6 Å². The summed E-state index contributed by atoms with van der Waals surface area (Å²) in [6, 6.07) is 0.189. The van der Waals surface area contributed by atoms with E-state index in [-0.39, 0.29) is 17.6 Å². The SMILES string of the molecule is CC1(C)C(O)CC1Nc1ncnc(NN)c1Br. The van der Waals surface area contributed by atoms with E-state index in [0.29, 0.717) is 16.1 Å². The van der Waals surface area contributed by atoms with Crippen LogP contribution in [0.2, 0.25) is 0 Å². The van der Waals surface area contributed by atoms with Crippen molar-refractivity contribution in [2.24, 2.45) is 11.3 Å². The summed E-state index contributed by atoms with van der Waals surface area (Å²) in [7, 11) is 0. The second-order valence-corrected chi connectivity index (χ2v) is 5.59. The lowest BCUT2D eigenvalue weighted by Crippen LogP contribution is -2.57. The van der Waals surface area contributed by atoms with Gasteiger partial charge in [0.05, 0.1) is 6.10 Å². The van der Waals surface area contributed by atoms with Crippen molar-refractivity contribution >= 4 is 27.6 Å². The minimum Gasteiger partial charge on any atom is -0.392 e. The summed E-state index contributed by atoms with van der Waals surface area (Å²) in [6.07, 6.45) is 1.88. The van der Waals surface area contributed by atoms with Gasteiger partial charge in [-0.2, -0.15) is 0 Å². The summed E-state index contributed by atoms with van der Waals surface area (Å²) in [6.45, 7) is 4.05. The summed E-state index contributed by atoms with van der Waals surface area (Å²) in [5.41, 5.74) is 2.33. The molecule has 2 rings (SSSR count). The lowest BCUT2D eigenvalue weighted by molar-refractivity contribution is -0.0511. The summed E-state index contributed by atoms with van der Waals surface area (Å²) in [5, 5.41) is 13.0. The molecule has 17 heavy (non-hydrogen) atoms. The molecule has 0 aliphatic heterocycles. The lowest BCUT2D eigenvalue weighted by atomic mass is 9.64. The summed E-state index contributed by atoms with van der Waals surface area (Å²) >= 11 is 3.38. The van der Waals surface area contributed by atoms with Crippen molar-refractivity contribution in [2.75, 3.05) is 10.7 Å². The maximum absolute atomic E-state index is 9.68. The molecule has 1 aliphatic rings. The van der Waals surface area contributed by atoms with Crippen LogP contribution in [0.5, 0.6) is 0 Å². The highest BCUT2D eigenvalue weighted by atomic mass is 79.9. The zero-order valence-corrected chi connectivity index (χ0v) is 11.3. The molecular formula is C10H16BrN5O. The van der Waals surface area contributed by atoms with Crippen molar-refractivity contribution in [1.29, 1.82) is 0 Å². The number of hydrazine groups is 1. The van der Waals surface area contributed by atoms with Crippen molar-refractivity contribution in [3.05, 3.63) is 10.8 Å². The summed E-state index contributed by atoms with van der Waals surface area (Å²) in [5.74, 6) is 6.54. The molecule has 0 radical (unpaired) electrons. The molecular weight excluding hydrogens is 286 g/mol. The zero-order valence-electron chi connectivity index (χ0n) is 9.74. The van der Waals surface area contributed by atoms with Crippen LogP contribution in [0.1, 0.15) is 20.3 Å². The van der Waals surface area contributed by atoms with E-state index in [1.54, 1.807) is 0 Å². The maximum atomic E-state index is 9.68. The first-order chi connectivity index (χ1) is 7.96. The largest absolute Gasteiger partial charge is 0.392 e. The van der Waals surface area contributed by atoms with E-state index in [4.69, 9.17) is 5.84 Å². The van der Waals surface area contributed by atoms with Crippen molar-refractivity contribution in [1.82, 2.24) is 9.97 Å². The lowest BCUT2D eigenvalue weighted by Gasteiger charge is -2.49. The van der Waals surface area contributed by atoms with Crippen LogP contribution in [0.3, 0.4) is 0 Å². The van der Waals surface area contributed by atoms with Crippen LogP contribution in [0.25, 0.3) is 0 Å². The van der Waals surface area contributed by atoms with Gasteiger partial charge in [-0.15, -0.1) is 0 Å². The van der Waals surface area contributed by atoms with Crippen molar-refractivity contribution in [3.8, 4) is 0 Å². The quantitative estimate of drug-likeness (QED) is 0.493. The summed E-state index contributed by atoms with van der Waals surface area (Å²) in [4.78, 5) is 8.13. The third kappa shape index (κ3) is 2.10. The Morgan fingerprint density at radius 1 is 1.47 bits per heavy atom. The molecule has 1 aliphatic carbocycles. The number of halogens is 1. The predicted molar refractivity (Wildman–Crippen MR) is 69.4 cm³/mol. The fourth-order valence-corrected chi connectivity index (χ4v) is 2.32. The predicted octanol–water partition coefficient (Wildman–Crippen LogP) is 1.10. The van der Waals surface area contributed by atoms with Crippen LogP contribution in [0.15, 0.2) is 10.8 Å². The number of aliphatic hydroxyl groups is 1. The van der Waals surface area contributed by atoms with Crippen LogP contribution >= 0.6 is 15.9 Å². The molecule has 0 spiro atoms. The minimum absolute atomic E-state index is 0.152. The highest BCUT2D eigenvalue weighted by Crippen LogP contribution is 2.43. The molecule has 0 saturated heterocycles. The molecule has 0 bridgehead atoms. The number of hydrogen-bond donors (Lipinski definition) is 4. The molecule has 2 unspecified atom stereocenters. The molecule has 0 aromatic carbocycles. The Morgan fingerprint density at radius 2 is 2.12 bits per heavy atom. The van der Waals surface area contributed by atoms with E-state index >= 15 is 0 Å². The van der Waals surface area contributed by atoms with Gasteiger partial charge in [-0.25, -0.2) is 15.8 Å². The van der Waals surface area contributed by atoms with Crippen LogP contribution in [0, 0.1) is 5.41 Å². The maximum Gasteiger partial charge on any atom is 0.159 e. The first kappa shape index (κ1) is 12.5. The van der Waals surface area contributed by atoms with E-state index < -0.39 is 0 Å². The highest BCUT2D eigenvalue weighted by Gasteiger charge is 2.47. The number of nitrogens with zero attached hydrogens (tertiary/aromatic N) is 2. The first-order valence-corrected chi connectivity index (χ1v) is 6.17. The molecule has 2 atom stereocenters. The molecule has 1 aromatic rings. The molecule has 1 aromatic heterocycles. The first-order valence-electron chi connectivity index (χ1n) is 5.38. The Kier molecular flexibility index (Phi) is 3.24. The number of hydrogen-bond acceptors (Lipinski definition) is 6. The minimum atomic E-state index is -0.271. The molecule has 7 heteroatoms. The smallest absolute Gasteiger partial charge is 0.159 e. The van der Waals surface area contributed by atoms with Crippen LogP contribution < -0.4 is 16.6 Å². The van der Waals surface area contributed by atoms with Gasteiger partial charge < -0.3 is 15.8 Å². The van der Waals surface area contributed by atoms with Crippen molar-refractivity contribution in [2.45, 2.75) is 32.4 Å². The fourth-order valence-electron chi connectivity index (χ4n) is 1.88. The van der Waals surface area contributed by atoms with Crippen LogP contribution in [-0.2, 0) is 0 Å². The average Bonchev–Trinajstić information content (AvgIpc) is 2.31. The van der Waals surface area contributed by atoms with Crippen molar-refractivity contribution in [3.63, 3.8) is 0 Å². The topological polar surface area (TPSA) is 96.1 Å². The number of anilines is 2. The monoisotopic (exact) mass is 301 g/mol. The Hall–Kier alpha value is -0.920. The third-order valence-corrected chi connectivity index (χ3v) is 4.20. The van der Waals surface area contributed by atoms with Crippen molar-refractivity contribution < 1.29 is 5.11 Å². The fraction of sp³-hybridized carbons (Fsp3) is 0.600. The van der Waals surface area contributed by atoms with E-state index in [0.717, 1.165) is 6.42 Å². The molecule has 5 N–H and O–H groups in total. The number of rotatable bonds is 3. The number of nitrogen functional groups attached to an aromatic ring is 1. The Bertz CT molecular complexity index is 425. The Morgan fingerprint density at radius 3 is 2.65 bits per heavy atom. The van der Waals surface area contributed by atoms with Gasteiger partial charge >= 0.3 is 0 Å². The van der Waals surface area contributed by atoms with E-state index in [1.807, 2.05) is 13.8 Å². The average molecular weight is 302 g/mol. The highest BCUT2D eigenvalue weighted by molar-refractivity contribution is 9.10. The van der Waals surface area contributed by atoms with Gasteiger partial charge in [0.2, 0.25) is 0 Å².